The molecule has 0 fully saturated rings. The SMILES string of the molecule is COc1cc(-c2cnc(N)c(-c3nnnn3-c3cccc(F)c3F)c2)cc(OC)c1OC. The van der Waals surface area contributed by atoms with Gasteiger partial charge in [-0.15, -0.1) is 5.10 Å². The first kappa shape index (κ1) is 21.0. The van der Waals surface area contributed by atoms with Gasteiger partial charge in [0.25, 0.3) is 0 Å². The molecule has 0 bridgehead atoms. The Morgan fingerprint density at radius 3 is 2.31 bits per heavy atom. The van der Waals surface area contributed by atoms with Gasteiger partial charge in [0.15, 0.2) is 29.0 Å². The van der Waals surface area contributed by atoms with Crippen LogP contribution in [0.1, 0.15) is 0 Å². The maximum atomic E-state index is 14.4. The summed E-state index contributed by atoms with van der Waals surface area (Å²) in [7, 11) is 4.53. The van der Waals surface area contributed by atoms with Crippen LogP contribution in [0.3, 0.4) is 0 Å². The molecule has 164 valence electrons. The van der Waals surface area contributed by atoms with E-state index in [1.165, 1.54) is 33.5 Å². The lowest BCUT2D eigenvalue weighted by atomic mass is 10.0. The fourth-order valence-electron chi connectivity index (χ4n) is 3.23. The first-order valence-electron chi connectivity index (χ1n) is 9.27. The molecule has 32 heavy (non-hydrogen) atoms. The van der Waals surface area contributed by atoms with Crippen molar-refractivity contribution in [3.05, 3.63) is 54.2 Å². The highest BCUT2D eigenvalue weighted by Crippen LogP contribution is 2.42. The number of aromatic nitrogens is 5. The molecule has 0 spiro atoms. The number of pyridine rings is 1. The number of methoxy groups -OCH3 is 3. The van der Waals surface area contributed by atoms with Crippen LogP contribution in [-0.4, -0.2) is 46.5 Å². The summed E-state index contributed by atoms with van der Waals surface area (Å²) in [5.74, 6) is -0.580. The number of anilines is 1. The van der Waals surface area contributed by atoms with Crippen molar-refractivity contribution in [3.63, 3.8) is 0 Å². The summed E-state index contributed by atoms with van der Waals surface area (Å²) >= 11 is 0. The fraction of sp³-hybridized carbons (Fsp3) is 0.143. The van der Waals surface area contributed by atoms with Crippen molar-refractivity contribution in [2.75, 3.05) is 27.1 Å². The molecule has 0 amide bonds. The molecule has 2 N–H and O–H groups in total. The molecule has 0 unspecified atom stereocenters. The molecule has 2 aromatic heterocycles. The van der Waals surface area contributed by atoms with Gasteiger partial charge in [0.05, 0.1) is 26.9 Å². The number of nitrogens with zero attached hydrogens (tertiary/aromatic N) is 5. The summed E-state index contributed by atoms with van der Waals surface area (Å²) in [5, 5.41) is 11.3. The van der Waals surface area contributed by atoms with Crippen LogP contribution in [0.25, 0.3) is 28.2 Å². The minimum Gasteiger partial charge on any atom is -0.493 e. The van der Waals surface area contributed by atoms with E-state index >= 15 is 0 Å². The largest absolute Gasteiger partial charge is 0.493 e. The number of ether oxygens (including phenoxy) is 3. The summed E-state index contributed by atoms with van der Waals surface area (Å²) < 4.78 is 45.3. The number of nitrogens with two attached hydrogens (primary N) is 1. The molecule has 0 aliphatic carbocycles. The van der Waals surface area contributed by atoms with E-state index in [4.69, 9.17) is 19.9 Å². The Morgan fingerprint density at radius 2 is 1.66 bits per heavy atom. The molecule has 4 aromatic rings. The zero-order chi connectivity index (χ0) is 22.8. The fourth-order valence-corrected chi connectivity index (χ4v) is 3.23. The van der Waals surface area contributed by atoms with Crippen molar-refractivity contribution < 1.29 is 23.0 Å². The summed E-state index contributed by atoms with van der Waals surface area (Å²) in [6, 6.07) is 8.88. The van der Waals surface area contributed by atoms with E-state index in [1.807, 2.05) is 0 Å². The Morgan fingerprint density at radius 1 is 0.938 bits per heavy atom. The van der Waals surface area contributed by atoms with Crippen LogP contribution in [0.5, 0.6) is 17.2 Å². The Kier molecular flexibility index (Phi) is 5.54. The van der Waals surface area contributed by atoms with Crippen molar-refractivity contribution in [2.24, 2.45) is 0 Å². The molecule has 0 aliphatic rings. The highest BCUT2D eigenvalue weighted by Gasteiger charge is 2.20. The van der Waals surface area contributed by atoms with Gasteiger partial charge in [-0.05, 0) is 46.3 Å². The number of tetrazole rings is 1. The lowest BCUT2D eigenvalue weighted by molar-refractivity contribution is 0.324. The number of halogens is 2. The molecule has 9 nitrogen and oxygen atoms in total. The third-order valence-corrected chi connectivity index (χ3v) is 4.79. The van der Waals surface area contributed by atoms with Gasteiger partial charge in [0, 0.05) is 11.8 Å². The normalized spacial score (nSPS) is 10.8. The second-order valence-electron chi connectivity index (χ2n) is 6.56. The Labute approximate surface area is 181 Å². The standard InChI is InChI=1S/C21H18F2N6O3/c1-30-16-8-11(9-17(31-2)19(16)32-3)12-7-13(20(24)25-10-12)21-26-27-28-29(21)15-6-4-5-14(22)18(15)23/h4-10H,1-3H3,(H2,24,25). The highest BCUT2D eigenvalue weighted by molar-refractivity contribution is 5.78. The molecule has 2 heterocycles. The van der Waals surface area contributed by atoms with E-state index < -0.39 is 11.6 Å². The second-order valence-corrected chi connectivity index (χ2v) is 6.56. The van der Waals surface area contributed by atoms with Gasteiger partial charge in [0.2, 0.25) is 5.75 Å². The van der Waals surface area contributed by atoms with Crippen LogP contribution < -0.4 is 19.9 Å². The van der Waals surface area contributed by atoms with Crippen LogP contribution in [0.4, 0.5) is 14.6 Å². The van der Waals surface area contributed by atoms with Crippen LogP contribution >= 0.6 is 0 Å². The van der Waals surface area contributed by atoms with E-state index in [0.29, 0.717) is 33.9 Å². The van der Waals surface area contributed by atoms with E-state index in [0.717, 1.165) is 10.7 Å². The summed E-state index contributed by atoms with van der Waals surface area (Å²) in [6.45, 7) is 0. The van der Waals surface area contributed by atoms with Crippen LogP contribution in [0, 0.1) is 11.6 Å². The van der Waals surface area contributed by atoms with Crippen molar-refractivity contribution >= 4 is 5.82 Å². The molecule has 0 radical (unpaired) electrons. The third-order valence-electron chi connectivity index (χ3n) is 4.79. The molecular formula is C21H18F2N6O3. The molecule has 11 heteroatoms. The minimum absolute atomic E-state index is 0.0915. The average molecular weight is 440 g/mol. The quantitative estimate of drug-likeness (QED) is 0.486. The highest BCUT2D eigenvalue weighted by atomic mass is 19.2. The van der Waals surface area contributed by atoms with Gasteiger partial charge in [-0.3, -0.25) is 0 Å². The first-order chi connectivity index (χ1) is 15.5. The Balaban J connectivity index is 1.87. The van der Waals surface area contributed by atoms with Gasteiger partial charge >= 0.3 is 0 Å². The van der Waals surface area contributed by atoms with Crippen molar-refractivity contribution in [1.82, 2.24) is 25.2 Å². The van der Waals surface area contributed by atoms with Gasteiger partial charge in [-0.25, -0.2) is 13.8 Å². The van der Waals surface area contributed by atoms with E-state index in [2.05, 4.69) is 20.5 Å². The maximum absolute atomic E-state index is 14.4. The molecule has 2 aromatic carbocycles. The zero-order valence-corrected chi connectivity index (χ0v) is 17.3. The van der Waals surface area contributed by atoms with Gasteiger partial charge in [-0.2, -0.15) is 4.68 Å². The van der Waals surface area contributed by atoms with Crippen molar-refractivity contribution in [3.8, 4) is 45.5 Å². The number of nitrogen functional groups attached to an aromatic ring is 1. The average Bonchev–Trinajstić information content (AvgIpc) is 3.29. The zero-order valence-electron chi connectivity index (χ0n) is 17.3. The van der Waals surface area contributed by atoms with Crippen LogP contribution in [0.2, 0.25) is 0 Å². The summed E-state index contributed by atoms with van der Waals surface area (Å²) in [6.07, 6.45) is 1.55. The monoisotopic (exact) mass is 440 g/mol. The topological polar surface area (TPSA) is 110 Å². The van der Waals surface area contributed by atoms with Gasteiger partial charge in [0.1, 0.15) is 11.5 Å². The van der Waals surface area contributed by atoms with E-state index in [9.17, 15) is 8.78 Å². The minimum atomic E-state index is -1.09. The van der Waals surface area contributed by atoms with Crippen molar-refractivity contribution in [2.45, 2.75) is 0 Å². The number of benzene rings is 2. The third kappa shape index (κ3) is 3.53. The number of hydrogen-bond acceptors (Lipinski definition) is 8. The van der Waals surface area contributed by atoms with E-state index in [1.54, 1.807) is 24.4 Å². The number of hydrogen-bond donors (Lipinski definition) is 1. The molecule has 4 rings (SSSR count). The second kappa shape index (κ2) is 8.46. The van der Waals surface area contributed by atoms with Crippen LogP contribution in [-0.2, 0) is 0 Å². The Bertz CT molecular complexity index is 1270. The predicted octanol–water partition coefficient (Wildman–Crippen LogP) is 3.28. The molecule has 0 saturated heterocycles. The molecule has 0 aliphatic heterocycles. The summed E-state index contributed by atoms with van der Waals surface area (Å²) in [5.41, 5.74) is 7.55. The molecular weight excluding hydrogens is 422 g/mol. The lowest BCUT2D eigenvalue weighted by Gasteiger charge is -2.15. The van der Waals surface area contributed by atoms with Crippen molar-refractivity contribution in [1.29, 1.82) is 0 Å². The molecule has 0 atom stereocenters. The Hall–Kier alpha value is -4.28. The maximum Gasteiger partial charge on any atom is 0.203 e. The molecule has 0 saturated carbocycles. The van der Waals surface area contributed by atoms with E-state index in [-0.39, 0.29) is 17.3 Å². The van der Waals surface area contributed by atoms with Gasteiger partial charge < -0.3 is 19.9 Å². The first-order valence-corrected chi connectivity index (χ1v) is 9.27. The lowest BCUT2D eigenvalue weighted by Crippen LogP contribution is -2.06. The smallest absolute Gasteiger partial charge is 0.203 e. The van der Waals surface area contributed by atoms with Gasteiger partial charge in [-0.1, -0.05) is 6.07 Å². The number of rotatable bonds is 6. The van der Waals surface area contributed by atoms with Crippen LogP contribution in [0.15, 0.2) is 42.6 Å². The predicted molar refractivity (Wildman–Crippen MR) is 112 cm³/mol. The summed E-state index contributed by atoms with van der Waals surface area (Å²) in [4.78, 5) is 4.23.